The summed E-state index contributed by atoms with van der Waals surface area (Å²) in [5.74, 6) is -0.334. The van der Waals surface area contributed by atoms with Crippen molar-refractivity contribution < 1.29 is 9.90 Å². The van der Waals surface area contributed by atoms with E-state index in [1.165, 1.54) is 5.56 Å². The normalized spacial score (nSPS) is 30.4. The Morgan fingerprint density at radius 1 is 1.38 bits per heavy atom. The molecule has 1 heterocycles. The molecule has 0 fully saturated rings. The molecular formula is C13H13NO2. The summed E-state index contributed by atoms with van der Waals surface area (Å²) in [4.78, 5) is 11.2. The van der Waals surface area contributed by atoms with Gasteiger partial charge in [-0.2, -0.15) is 0 Å². The van der Waals surface area contributed by atoms with Gasteiger partial charge in [-0.3, -0.25) is 0 Å². The number of allylic oxidation sites excluding steroid dienone is 2. The molecule has 3 rings (SSSR count). The first-order chi connectivity index (χ1) is 7.77. The summed E-state index contributed by atoms with van der Waals surface area (Å²) < 4.78 is 0. The van der Waals surface area contributed by atoms with Crippen LogP contribution < -0.4 is 5.32 Å². The highest BCUT2D eigenvalue weighted by molar-refractivity contribution is 5.80. The minimum absolute atomic E-state index is 0.160. The van der Waals surface area contributed by atoms with E-state index in [0.717, 1.165) is 12.1 Å². The fourth-order valence-electron chi connectivity index (χ4n) is 2.79. The molecule has 0 amide bonds. The van der Waals surface area contributed by atoms with E-state index in [2.05, 4.69) is 23.5 Å². The molecule has 0 bridgehead atoms. The highest BCUT2D eigenvalue weighted by Gasteiger charge is 2.40. The number of hydrogen-bond acceptors (Lipinski definition) is 2. The molecule has 3 atom stereocenters. The molecule has 0 saturated carbocycles. The summed E-state index contributed by atoms with van der Waals surface area (Å²) in [7, 11) is 0. The van der Waals surface area contributed by atoms with Crippen LogP contribution in [0.3, 0.4) is 0 Å². The van der Waals surface area contributed by atoms with E-state index in [1.54, 1.807) is 0 Å². The zero-order valence-corrected chi connectivity index (χ0v) is 8.76. The molecule has 3 nitrogen and oxygen atoms in total. The molecule has 0 unspecified atom stereocenters. The second-order valence-corrected chi connectivity index (χ2v) is 4.40. The van der Waals surface area contributed by atoms with Crippen LogP contribution in [0.1, 0.15) is 17.9 Å². The highest BCUT2D eigenvalue weighted by atomic mass is 16.4. The number of carbonyl (C=O) groups is 1. The average Bonchev–Trinajstić information content (AvgIpc) is 2.76. The molecule has 3 heteroatoms. The minimum atomic E-state index is -0.756. The molecule has 82 valence electrons. The lowest BCUT2D eigenvalue weighted by molar-refractivity contribution is -0.139. The summed E-state index contributed by atoms with van der Waals surface area (Å²) in [6.45, 7) is 0. The maximum atomic E-state index is 11.2. The Kier molecular flexibility index (Phi) is 1.99. The Labute approximate surface area is 93.8 Å². The van der Waals surface area contributed by atoms with E-state index >= 15 is 0 Å². The number of carboxylic acid groups (broad SMARTS) is 1. The van der Waals surface area contributed by atoms with Gasteiger partial charge in [0.25, 0.3) is 0 Å². The van der Waals surface area contributed by atoms with Crippen molar-refractivity contribution in [2.75, 3.05) is 5.32 Å². The molecular weight excluding hydrogens is 202 g/mol. The number of para-hydroxylation sites is 1. The van der Waals surface area contributed by atoms with Crippen LogP contribution in [0.5, 0.6) is 0 Å². The molecule has 2 N–H and O–H groups in total. The lowest BCUT2D eigenvalue weighted by Gasteiger charge is -2.34. The number of rotatable bonds is 1. The lowest BCUT2D eigenvalue weighted by atomic mass is 9.79. The van der Waals surface area contributed by atoms with E-state index < -0.39 is 12.0 Å². The van der Waals surface area contributed by atoms with Crippen LogP contribution in [0.15, 0.2) is 36.4 Å². The van der Waals surface area contributed by atoms with Gasteiger partial charge in [0.1, 0.15) is 6.04 Å². The van der Waals surface area contributed by atoms with Crippen molar-refractivity contribution in [2.45, 2.75) is 18.4 Å². The monoisotopic (exact) mass is 215 g/mol. The third kappa shape index (κ3) is 1.24. The van der Waals surface area contributed by atoms with Crippen LogP contribution in [0, 0.1) is 5.92 Å². The first-order valence-corrected chi connectivity index (χ1v) is 5.52. The summed E-state index contributed by atoms with van der Waals surface area (Å²) in [6.07, 6.45) is 5.08. The Hall–Kier alpha value is -1.77. The van der Waals surface area contributed by atoms with Gasteiger partial charge in [-0.15, -0.1) is 0 Å². The Morgan fingerprint density at radius 3 is 3.00 bits per heavy atom. The number of aliphatic carboxylic acids is 1. The average molecular weight is 215 g/mol. The predicted molar refractivity (Wildman–Crippen MR) is 61.5 cm³/mol. The maximum absolute atomic E-state index is 11.2. The van der Waals surface area contributed by atoms with Gasteiger partial charge in [0.05, 0.1) is 0 Å². The number of benzene rings is 1. The zero-order valence-electron chi connectivity index (χ0n) is 8.76. The van der Waals surface area contributed by atoms with Gasteiger partial charge in [-0.1, -0.05) is 30.4 Å². The molecule has 0 aromatic heterocycles. The van der Waals surface area contributed by atoms with E-state index in [9.17, 15) is 9.90 Å². The molecule has 1 aliphatic carbocycles. The van der Waals surface area contributed by atoms with Crippen LogP contribution in [0.25, 0.3) is 0 Å². The van der Waals surface area contributed by atoms with Crippen LogP contribution in [-0.4, -0.2) is 17.1 Å². The van der Waals surface area contributed by atoms with Gasteiger partial charge >= 0.3 is 5.97 Å². The van der Waals surface area contributed by atoms with Gasteiger partial charge in [0.2, 0.25) is 0 Å². The number of hydrogen-bond donors (Lipinski definition) is 2. The SMILES string of the molecule is O=C(O)[C@H]1Nc2ccccc2[C@@H]2C=CC[C@H]12. The van der Waals surface area contributed by atoms with Gasteiger partial charge in [0.15, 0.2) is 0 Å². The fraction of sp³-hybridized carbons (Fsp3) is 0.308. The van der Waals surface area contributed by atoms with E-state index in [0.29, 0.717) is 0 Å². The molecule has 2 aliphatic rings. The molecule has 1 aromatic rings. The number of nitrogens with one attached hydrogen (secondary N) is 1. The van der Waals surface area contributed by atoms with Crippen LogP contribution in [0.2, 0.25) is 0 Å². The van der Waals surface area contributed by atoms with Crippen molar-refractivity contribution in [3.8, 4) is 0 Å². The maximum Gasteiger partial charge on any atom is 0.326 e. The zero-order chi connectivity index (χ0) is 11.1. The highest BCUT2D eigenvalue weighted by Crippen LogP contribution is 2.44. The van der Waals surface area contributed by atoms with Crippen LogP contribution >= 0.6 is 0 Å². The van der Waals surface area contributed by atoms with Crippen molar-refractivity contribution in [1.82, 2.24) is 0 Å². The van der Waals surface area contributed by atoms with Crippen LogP contribution in [-0.2, 0) is 4.79 Å². The lowest BCUT2D eigenvalue weighted by Crippen LogP contribution is -2.41. The van der Waals surface area contributed by atoms with Gasteiger partial charge in [-0.25, -0.2) is 4.79 Å². The van der Waals surface area contributed by atoms with Gasteiger partial charge < -0.3 is 10.4 Å². The van der Waals surface area contributed by atoms with Gasteiger partial charge in [-0.05, 0) is 18.1 Å². The van der Waals surface area contributed by atoms with Crippen LogP contribution in [0.4, 0.5) is 5.69 Å². The smallest absolute Gasteiger partial charge is 0.326 e. The molecule has 0 spiro atoms. The quantitative estimate of drug-likeness (QED) is 0.706. The predicted octanol–water partition coefficient (Wildman–Crippen LogP) is 2.22. The Morgan fingerprint density at radius 2 is 2.19 bits per heavy atom. The van der Waals surface area contributed by atoms with Crippen molar-refractivity contribution in [2.24, 2.45) is 5.92 Å². The van der Waals surface area contributed by atoms with Crippen molar-refractivity contribution in [1.29, 1.82) is 0 Å². The third-order valence-electron chi connectivity index (χ3n) is 3.54. The minimum Gasteiger partial charge on any atom is -0.480 e. The molecule has 0 saturated heterocycles. The molecule has 1 aliphatic heterocycles. The van der Waals surface area contributed by atoms with E-state index in [-0.39, 0.29) is 11.8 Å². The number of anilines is 1. The summed E-state index contributed by atoms with van der Waals surface area (Å²) in [6, 6.07) is 7.51. The largest absolute Gasteiger partial charge is 0.480 e. The van der Waals surface area contributed by atoms with Crippen molar-refractivity contribution in [3.63, 3.8) is 0 Å². The fourth-order valence-corrected chi connectivity index (χ4v) is 2.79. The third-order valence-corrected chi connectivity index (χ3v) is 3.54. The first-order valence-electron chi connectivity index (χ1n) is 5.52. The number of carboxylic acids is 1. The Bertz CT molecular complexity index is 467. The summed E-state index contributed by atoms with van der Waals surface area (Å²) in [5, 5.41) is 12.3. The second-order valence-electron chi connectivity index (χ2n) is 4.40. The van der Waals surface area contributed by atoms with Gasteiger partial charge in [0, 0.05) is 17.5 Å². The number of fused-ring (bicyclic) bond motifs is 3. The first kappa shape index (κ1) is 9.46. The molecule has 16 heavy (non-hydrogen) atoms. The van der Waals surface area contributed by atoms with Crippen molar-refractivity contribution >= 4 is 11.7 Å². The molecule has 0 radical (unpaired) electrons. The second kappa shape index (κ2) is 3.37. The summed E-state index contributed by atoms with van der Waals surface area (Å²) in [5.41, 5.74) is 2.18. The summed E-state index contributed by atoms with van der Waals surface area (Å²) >= 11 is 0. The molecule has 1 aromatic carbocycles. The van der Waals surface area contributed by atoms with E-state index in [4.69, 9.17) is 0 Å². The van der Waals surface area contributed by atoms with Crippen molar-refractivity contribution in [3.05, 3.63) is 42.0 Å². The topological polar surface area (TPSA) is 49.3 Å². The Balaban J connectivity index is 2.08. The standard InChI is InChI=1S/C13H13NO2/c15-13(16)12-10-6-3-5-8(10)9-4-1-2-7-11(9)14-12/h1-5,7-8,10,12,14H,6H2,(H,15,16)/t8-,10-,12-/m0/s1. The van der Waals surface area contributed by atoms with E-state index in [1.807, 2.05) is 18.2 Å².